The molecule has 3 aliphatic carbocycles. The number of amides is 2. The third kappa shape index (κ3) is 5.00. The molecule has 2 aromatic heterocycles. The summed E-state index contributed by atoms with van der Waals surface area (Å²) in [6, 6.07) is 10.2. The molecule has 256 valence electrons. The molecule has 0 radical (unpaired) electrons. The second-order valence-corrected chi connectivity index (χ2v) is 15.7. The molecule has 49 heavy (non-hydrogen) atoms. The second kappa shape index (κ2) is 11.2. The van der Waals surface area contributed by atoms with Gasteiger partial charge in [0, 0.05) is 86.3 Å². The number of hydrogen-bond acceptors (Lipinski definition) is 9. The molecular formula is C37H45N9O3. The van der Waals surface area contributed by atoms with Gasteiger partial charge in [-0.3, -0.25) is 29.1 Å². The highest BCUT2D eigenvalue weighted by Crippen LogP contribution is 2.69. The lowest BCUT2D eigenvalue weighted by atomic mass is 9.38. The maximum atomic E-state index is 14.1. The van der Waals surface area contributed by atoms with Crippen molar-refractivity contribution in [2.75, 3.05) is 57.3 Å². The molecule has 3 saturated heterocycles. The van der Waals surface area contributed by atoms with Crippen molar-refractivity contribution in [1.82, 2.24) is 34.4 Å². The topological polar surface area (TPSA) is 112 Å². The van der Waals surface area contributed by atoms with E-state index in [9.17, 15) is 9.59 Å². The number of carbonyl (C=O) groups excluding carboxylic acids is 2. The average molecular weight is 664 g/mol. The van der Waals surface area contributed by atoms with Crippen LogP contribution in [0.3, 0.4) is 0 Å². The van der Waals surface area contributed by atoms with Crippen molar-refractivity contribution in [3.63, 3.8) is 0 Å². The number of ether oxygens (including phenoxy) is 1. The van der Waals surface area contributed by atoms with Gasteiger partial charge in [-0.1, -0.05) is 6.07 Å². The number of likely N-dealkylation sites (tertiary alicyclic amines) is 1. The number of aryl methyl sites for hydroxylation is 1. The van der Waals surface area contributed by atoms with Crippen molar-refractivity contribution in [1.29, 1.82) is 0 Å². The smallest absolute Gasteiger partial charge is 0.236 e. The van der Waals surface area contributed by atoms with Gasteiger partial charge in [-0.25, -0.2) is 9.97 Å². The van der Waals surface area contributed by atoms with Crippen LogP contribution in [0, 0.1) is 5.41 Å². The van der Waals surface area contributed by atoms with E-state index >= 15 is 0 Å². The number of pyridine rings is 1. The number of aliphatic imine (C=N–C) groups is 1. The van der Waals surface area contributed by atoms with Crippen LogP contribution >= 0.6 is 0 Å². The minimum Gasteiger partial charge on any atom is -0.475 e. The Morgan fingerprint density at radius 1 is 0.959 bits per heavy atom. The molecule has 4 aliphatic heterocycles. The van der Waals surface area contributed by atoms with E-state index in [1.165, 1.54) is 0 Å². The van der Waals surface area contributed by atoms with Crippen LogP contribution in [0.15, 0.2) is 47.8 Å². The molecule has 1 spiro atoms. The molecule has 1 aromatic carbocycles. The third-order valence-corrected chi connectivity index (χ3v) is 12.1. The Balaban J connectivity index is 0.792. The summed E-state index contributed by atoms with van der Waals surface area (Å²) >= 11 is 0. The van der Waals surface area contributed by atoms with Crippen molar-refractivity contribution in [2.45, 2.75) is 69.6 Å². The van der Waals surface area contributed by atoms with Crippen LogP contribution in [0.2, 0.25) is 0 Å². The zero-order chi connectivity index (χ0) is 33.5. The number of aromatic nitrogens is 4. The van der Waals surface area contributed by atoms with E-state index in [-0.39, 0.29) is 28.9 Å². The van der Waals surface area contributed by atoms with Crippen LogP contribution in [-0.2, 0) is 28.6 Å². The highest BCUT2D eigenvalue weighted by atomic mass is 16.5. The Hall–Kier alpha value is -4.16. The molecule has 2 amide bonds. The van der Waals surface area contributed by atoms with E-state index in [1.54, 1.807) is 11.0 Å². The summed E-state index contributed by atoms with van der Waals surface area (Å²) in [4.78, 5) is 50.2. The van der Waals surface area contributed by atoms with Crippen LogP contribution in [0.4, 0.5) is 5.69 Å². The first kappa shape index (κ1) is 30.9. The lowest BCUT2D eigenvalue weighted by Gasteiger charge is -2.73. The zero-order valence-electron chi connectivity index (χ0n) is 28.8. The van der Waals surface area contributed by atoms with E-state index in [2.05, 4.69) is 43.1 Å². The first-order chi connectivity index (χ1) is 23.6. The molecule has 1 atom stereocenters. The summed E-state index contributed by atoms with van der Waals surface area (Å²) in [6.45, 7) is 10.5. The van der Waals surface area contributed by atoms with Gasteiger partial charge < -0.3 is 14.5 Å². The molecule has 0 N–H and O–H groups in total. The van der Waals surface area contributed by atoms with Gasteiger partial charge >= 0.3 is 0 Å². The molecule has 3 saturated carbocycles. The summed E-state index contributed by atoms with van der Waals surface area (Å²) in [5, 5.41) is 4.58. The zero-order valence-corrected chi connectivity index (χ0v) is 28.8. The predicted octanol–water partition coefficient (Wildman–Crippen LogP) is 2.80. The van der Waals surface area contributed by atoms with Gasteiger partial charge in [0.1, 0.15) is 6.33 Å². The van der Waals surface area contributed by atoms with Crippen LogP contribution in [0.5, 0.6) is 5.88 Å². The largest absolute Gasteiger partial charge is 0.475 e. The van der Waals surface area contributed by atoms with Crippen molar-refractivity contribution in [2.24, 2.45) is 17.5 Å². The lowest BCUT2D eigenvalue weighted by Crippen LogP contribution is -2.78. The summed E-state index contributed by atoms with van der Waals surface area (Å²) in [5.74, 6) is 1.97. The van der Waals surface area contributed by atoms with E-state index in [0.29, 0.717) is 32.1 Å². The van der Waals surface area contributed by atoms with Gasteiger partial charge in [-0.05, 0) is 76.3 Å². The predicted molar refractivity (Wildman–Crippen MR) is 184 cm³/mol. The number of nitrogens with zero attached hydrogens (tertiary/aromatic N) is 9. The quantitative estimate of drug-likeness (QED) is 0.362. The number of benzene rings is 1. The Morgan fingerprint density at radius 2 is 1.76 bits per heavy atom. The molecule has 10 rings (SSSR count). The summed E-state index contributed by atoms with van der Waals surface area (Å²) in [5.41, 5.74) is 5.02. The Kier molecular flexibility index (Phi) is 7.04. The molecule has 12 heteroatoms. The van der Waals surface area contributed by atoms with E-state index in [0.717, 1.165) is 98.7 Å². The molecule has 0 unspecified atom stereocenters. The number of carbonyl (C=O) groups is 2. The maximum absolute atomic E-state index is 14.1. The average Bonchev–Trinajstić information content (AvgIpc) is 3.84. The molecule has 3 aromatic rings. The van der Waals surface area contributed by atoms with Crippen LogP contribution < -0.4 is 9.64 Å². The van der Waals surface area contributed by atoms with Gasteiger partial charge in [0.25, 0.3) is 0 Å². The van der Waals surface area contributed by atoms with E-state index in [1.807, 2.05) is 49.0 Å². The van der Waals surface area contributed by atoms with Gasteiger partial charge in [-0.2, -0.15) is 5.10 Å². The van der Waals surface area contributed by atoms with E-state index in [4.69, 9.17) is 9.73 Å². The minimum atomic E-state index is -0.423. The van der Waals surface area contributed by atoms with Crippen LogP contribution in [0.25, 0.3) is 0 Å². The normalized spacial score (nSPS) is 29.4. The van der Waals surface area contributed by atoms with Crippen molar-refractivity contribution in [3.8, 4) is 5.88 Å². The van der Waals surface area contributed by atoms with Crippen molar-refractivity contribution in [3.05, 3.63) is 65.4 Å². The van der Waals surface area contributed by atoms with Gasteiger partial charge in [0.15, 0.2) is 5.82 Å². The summed E-state index contributed by atoms with van der Waals surface area (Å²) in [7, 11) is 1.93. The Morgan fingerprint density at radius 3 is 2.47 bits per heavy atom. The van der Waals surface area contributed by atoms with Crippen LogP contribution in [-0.4, -0.2) is 116 Å². The summed E-state index contributed by atoms with van der Waals surface area (Å²) < 4.78 is 7.52. The first-order valence-corrected chi connectivity index (χ1v) is 17.9. The van der Waals surface area contributed by atoms with Gasteiger partial charge in [0.05, 0.1) is 30.3 Å². The fraction of sp³-hybridized carbons (Fsp3) is 0.568. The Labute approximate surface area is 287 Å². The molecule has 12 nitrogen and oxygen atoms in total. The monoisotopic (exact) mass is 663 g/mol. The standard InChI is InChI=1S/C37H45N9O3/c1-25(2)49-30-7-5-27(18-38-30)32-29-16-28(6-4-26(29)17-39-32)46-11-9-35(34(46)48)8-10-43(23-35)19-31(47)44-12-14-45(15-13-44)37-20-36(21-37,22-37)33-40-24-42(3)41-33/h4-7,16,18,24-25H,8-15,17,19-23H2,1-3H3/t35-,36?,37?/m0/s1. The molecule has 6 fully saturated rings. The first-order valence-electron chi connectivity index (χ1n) is 17.9. The Bertz CT molecular complexity index is 1820. The SMILES string of the molecule is CC(C)Oc1ccc(C2=NCc3ccc(N4CC[C@]5(CCN(CC(=O)N6CCN(C78CC(c9ncn(C)n9)(C7)C8)CC6)C5)C4=O)cc32)cn1. The van der Waals surface area contributed by atoms with Crippen molar-refractivity contribution < 1.29 is 14.3 Å². The van der Waals surface area contributed by atoms with Crippen LogP contribution in [0.1, 0.15) is 68.5 Å². The highest BCUT2D eigenvalue weighted by molar-refractivity contribution is 6.15. The fourth-order valence-corrected chi connectivity index (χ4v) is 9.57. The number of piperazine rings is 1. The number of rotatable bonds is 8. The number of fused-ring (bicyclic) bond motifs is 1. The maximum Gasteiger partial charge on any atom is 0.236 e. The minimum absolute atomic E-state index is 0.0631. The number of anilines is 1. The molecule has 2 bridgehead atoms. The lowest BCUT2D eigenvalue weighted by molar-refractivity contribution is -0.184. The van der Waals surface area contributed by atoms with Crippen molar-refractivity contribution >= 4 is 23.2 Å². The van der Waals surface area contributed by atoms with E-state index < -0.39 is 5.41 Å². The number of hydrogen-bond donors (Lipinski definition) is 0. The fourth-order valence-electron chi connectivity index (χ4n) is 9.57. The molecule has 7 aliphatic rings. The van der Waals surface area contributed by atoms with Gasteiger partial charge in [-0.15, -0.1) is 0 Å². The van der Waals surface area contributed by atoms with Gasteiger partial charge in [0.2, 0.25) is 17.7 Å². The third-order valence-electron chi connectivity index (χ3n) is 12.1. The molecule has 6 heterocycles. The second-order valence-electron chi connectivity index (χ2n) is 15.7. The molecular weight excluding hydrogens is 618 g/mol. The summed E-state index contributed by atoms with van der Waals surface area (Å²) in [6.07, 6.45) is 8.70. The highest BCUT2D eigenvalue weighted by Gasteiger charge is 2.72.